The molecule has 0 aromatic heterocycles. The van der Waals surface area contributed by atoms with Gasteiger partial charge < -0.3 is 0 Å². The lowest BCUT2D eigenvalue weighted by atomic mass is 9.66. The van der Waals surface area contributed by atoms with E-state index >= 15 is 0 Å². The number of rotatable bonds is 4. The van der Waals surface area contributed by atoms with Crippen molar-refractivity contribution in [2.45, 2.75) is 66.7 Å². The number of carbonyl (C=O) groups is 1. The predicted octanol–water partition coefficient (Wildman–Crippen LogP) is 4.45. The van der Waals surface area contributed by atoms with E-state index in [1.165, 1.54) is 19.3 Å². The normalized spacial score (nSPS) is 27.5. The number of carbonyl (C=O) groups excluding carboxylic acids is 1. The third-order valence-electron chi connectivity index (χ3n) is 4.20. The van der Waals surface area contributed by atoms with Gasteiger partial charge in [0.25, 0.3) is 0 Å². The summed E-state index contributed by atoms with van der Waals surface area (Å²) in [4.78, 5) is 12.1. The fourth-order valence-electron chi connectivity index (χ4n) is 2.86. The molecule has 2 atom stereocenters. The van der Waals surface area contributed by atoms with Gasteiger partial charge in [-0.25, -0.2) is 0 Å². The van der Waals surface area contributed by atoms with Crippen molar-refractivity contribution in [1.82, 2.24) is 0 Å². The molecule has 0 bridgehead atoms. The predicted molar refractivity (Wildman–Crippen MR) is 69.4 cm³/mol. The fourth-order valence-corrected chi connectivity index (χ4v) is 2.86. The van der Waals surface area contributed by atoms with Gasteiger partial charge in [-0.05, 0) is 36.5 Å². The van der Waals surface area contributed by atoms with Gasteiger partial charge in [-0.1, -0.05) is 41.0 Å². The smallest absolute Gasteiger partial charge is 0.136 e. The van der Waals surface area contributed by atoms with E-state index in [1.807, 2.05) is 0 Å². The first-order chi connectivity index (χ1) is 7.33. The Morgan fingerprint density at radius 2 is 1.94 bits per heavy atom. The zero-order valence-corrected chi connectivity index (χ0v) is 11.7. The Hall–Kier alpha value is -0.330. The first-order valence-corrected chi connectivity index (χ1v) is 6.85. The van der Waals surface area contributed by atoms with Crippen molar-refractivity contribution in [3.63, 3.8) is 0 Å². The van der Waals surface area contributed by atoms with Crippen LogP contribution in [-0.4, -0.2) is 5.78 Å². The summed E-state index contributed by atoms with van der Waals surface area (Å²) < 4.78 is 0. The molecule has 1 heteroatoms. The molecule has 0 aliphatic heterocycles. The lowest BCUT2D eigenvalue weighted by Crippen LogP contribution is -2.35. The van der Waals surface area contributed by atoms with Gasteiger partial charge in [-0.3, -0.25) is 4.79 Å². The Morgan fingerprint density at radius 3 is 2.44 bits per heavy atom. The highest BCUT2D eigenvalue weighted by molar-refractivity contribution is 5.82. The van der Waals surface area contributed by atoms with Crippen LogP contribution in [0.3, 0.4) is 0 Å². The van der Waals surface area contributed by atoms with E-state index in [0.29, 0.717) is 17.6 Å². The molecule has 1 saturated carbocycles. The lowest BCUT2D eigenvalue weighted by molar-refractivity contribution is -0.130. The molecule has 1 nitrogen and oxygen atoms in total. The average Bonchev–Trinajstić information content (AvgIpc) is 2.14. The second-order valence-corrected chi connectivity index (χ2v) is 6.83. The second kappa shape index (κ2) is 5.33. The van der Waals surface area contributed by atoms with Crippen LogP contribution >= 0.6 is 0 Å². The van der Waals surface area contributed by atoms with Crippen LogP contribution in [-0.2, 0) is 4.79 Å². The molecule has 0 spiro atoms. The molecular weight excluding hydrogens is 196 g/mol. The maximum absolute atomic E-state index is 12.1. The number of ketones is 1. The first kappa shape index (κ1) is 13.7. The summed E-state index contributed by atoms with van der Waals surface area (Å²) in [6.45, 7) is 11.3. The van der Waals surface area contributed by atoms with Gasteiger partial charge in [0.2, 0.25) is 0 Å². The van der Waals surface area contributed by atoms with Crippen molar-refractivity contribution < 1.29 is 4.79 Å². The Balaban J connectivity index is 2.57. The largest absolute Gasteiger partial charge is 0.299 e. The van der Waals surface area contributed by atoms with Gasteiger partial charge >= 0.3 is 0 Å². The maximum Gasteiger partial charge on any atom is 0.136 e. The van der Waals surface area contributed by atoms with E-state index in [4.69, 9.17) is 0 Å². The molecule has 0 aromatic carbocycles. The zero-order chi connectivity index (χ0) is 12.3. The molecule has 0 amide bonds. The summed E-state index contributed by atoms with van der Waals surface area (Å²) in [5.74, 6) is 2.21. The topological polar surface area (TPSA) is 17.1 Å². The van der Waals surface area contributed by atoms with Crippen molar-refractivity contribution in [3.8, 4) is 0 Å². The molecule has 94 valence electrons. The SMILES string of the molecule is CC(C)CCC(C)(C)C1CCC(C)CC1=O. The van der Waals surface area contributed by atoms with Crippen molar-refractivity contribution in [3.05, 3.63) is 0 Å². The summed E-state index contributed by atoms with van der Waals surface area (Å²) in [6.07, 6.45) is 5.60. The molecule has 1 rings (SSSR count). The highest BCUT2D eigenvalue weighted by Gasteiger charge is 2.37. The molecule has 1 fully saturated rings. The Labute approximate surface area is 101 Å². The van der Waals surface area contributed by atoms with Gasteiger partial charge in [0.1, 0.15) is 5.78 Å². The minimum atomic E-state index is 0.210. The van der Waals surface area contributed by atoms with Gasteiger partial charge in [0.05, 0.1) is 0 Å². The third-order valence-corrected chi connectivity index (χ3v) is 4.20. The van der Waals surface area contributed by atoms with Crippen LogP contribution < -0.4 is 0 Å². The molecule has 16 heavy (non-hydrogen) atoms. The number of hydrogen-bond donors (Lipinski definition) is 0. The molecule has 0 N–H and O–H groups in total. The van der Waals surface area contributed by atoms with E-state index in [2.05, 4.69) is 34.6 Å². The first-order valence-electron chi connectivity index (χ1n) is 6.85. The van der Waals surface area contributed by atoms with E-state index in [1.54, 1.807) is 0 Å². The Morgan fingerprint density at radius 1 is 1.31 bits per heavy atom. The zero-order valence-electron chi connectivity index (χ0n) is 11.7. The molecule has 0 heterocycles. The summed E-state index contributed by atoms with van der Waals surface area (Å²) in [5, 5.41) is 0. The molecule has 1 aliphatic rings. The monoisotopic (exact) mass is 224 g/mol. The van der Waals surface area contributed by atoms with Crippen molar-refractivity contribution >= 4 is 5.78 Å². The summed E-state index contributed by atoms with van der Waals surface area (Å²) in [7, 11) is 0. The molecule has 1 aliphatic carbocycles. The van der Waals surface area contributed by atoms with Crippen LogP contribution in [0.25, 0.3) is 0 Å². The second-order valence-electron chi connectivity index (χ2n) is 6.83. The molecule has 0 aromatic rings. The van der Waals surface area contributed by atoms with Crippen molar-refractivity contribution in [2.75, 3.05) is 0 Å². The molecular formula is C15H28O. The van der Waals surface area contributed by atoms with E-state index in [9.17, 15) is 4.79 Å². The highest BCUT2D eigenvalue weighted by Crippen LogP contribution is 2.41. The van der Waals surface area contributed by atoms with Gasteiger partial charge in [-0.2, -0.15) is 0 Å². The van der Waals surface area contributed by atoms with E-state index < -0.39 is 0 Å². The minimum Gasteiger partial charge on any atom is -0.299 e. The molecule has 0 saturated heterocycles. The van der Waals surface area contributed by atoms with Crippen LogP contribution in [0.15, 0.2) is 0 Å². The number of hydrogen-bond acceptors (Lipinski definition) is 1. The van der Waals surface area contributed by atoms with Crippen molar-refractivity contribution in [2.24, 2.45) is 23.2 Å². The Kier molecular flexibility index (Phi) is 4.58. The van der Waals surface area contributed by atoms with Gasteiger partial charge in [0, 0.05) is 12.3 Å². The third kappa shape index (κ3) is 3.61. The van der Waals surface area contributed by atoms with Crippen LogP contribution in [0, 0.1) is 23.2 Å². The Bertz CT molecular complexity index is 240. The lowest BCUT2D eigenvalue weighted by Gasteiger charge is -2.38. The summed E-state index contributed by atoms with van der Waals surface area (Å²) in [5.41, 5.74) is 0.210. The standard InChI is InChI=1S/C15H28O/c1-11(2)8-9-15(4,5)13-7-6-12(3)10-14(13)16/h11-13H,6-10H2,1-5H3. The van der Waals surface area contributed by atoms with Gasteiger partial charge in [0.15, 0.2) is 0 Å². The maximum atomic E-state index is 12.1. The fraction of sp³-hybridized carbons (Fsp3) is 0.933. The molecule has 2 unspecified atom stereocenters. The summed E-state index contributed by atoms with van der Waals surface area (Å²) >= 11 is 0. The minimum absolute atomic E-state index is 0.210. The highest BCUT2D eigenvalue weighted by atomic mass is 16.1. The van der Waals surface area contributed by atoms with Crippen LogP contribution in [0.5, 0.6) is 0 Å². The quantitative estimate of drug-likeness (QED) is 0.689. The summed E-state index contributed by atoms with van der Waals surface area (Å²) in [6, 6.07) is 0. The van der Waals surface area contributed by atoms with Crippen LogP contribution in [0.4, 0.5) is 0 Å². The number of Topliss-reactive ketones (excluding diaryl/α,β-unsaturated/α-hetero) is 1. The van der Waals surface area contributed by atoms with E-state index in [0.717, 1.165) is 18.8 Å². The van der Waals surface area contributed by atoms with E-state index in [-0.39, 0.29) is 5.41 Å². The molecule has 0 radical (unpaired) electrons. The van der Waals surface area contributed by atoms with Crippen molar-refractivity contribution in [1.29, 1.82) is 0 Å². The van der Waals surface area contributed by atoms with Gasteiger partial charge in [-0.15, -0.1) is 0 Å². The van der Waals surface area contributed by atoms with Crippen LogP contribution in [0.1, 0.15) is 66.7 Å². The van der Waals surface area contributed by atoms with Crippen LogP contribution in [0.2, 0.25) is 0 Å². The average molecular weight is 224 g/mol.